The second-order valence-corrected chi connectivity index (χ2v) is 7.80. The lowest BCUT2D eigenvalue weighted by Crippen LogP contribution is -2.44. The Morgan fingerprint density at radius 3 is 1.74 bits per heavy atom. The first kappa shape index (κ1) is 22.6. The lowest BCUT2D eigenvalue weighted by Gasteiger charge is -2.27. The molecule has 2 aromatic carbocycles. The van der Waals surface area contributed by atoms with Gasteiger partial charge in [-0.25, -0.2) is 0 Å². The molecule has 0 saturated carbocycles. The summed E-state index contributed by atoms with van der Waals surface area (Å²) in [5.74, 6) is 0.292. The number of rotatable bonds is 10. The summed E-state index contributed by atoms with van der Waals surface area (Å²) in [6.07, 6.45) is 1.44. The second kappa shape index (κ2) is 10.8. The molecule has 7 nitrogen and oxygen atoms in total. The SMILES string of the molecule is COc1ccc(CCN(CCc2ccc(OC)cc2)C(=O)C2CNCC2C(N)=O)cc1. The Kier molecular flexibility index (Phi) is 7.89. The van der Waals surface area contributed by atoms with E-state index in [0.29, 0.717) is 26.2 Å². The summed E-state index contributed by atoms with van der Waals surface area (Å²) in [7, 11) is 3.28. The third-order valence-corrected chi connectivity index (χ3v) is 5.87. The van der Waals surface area contributed by atoms with Crippen LogP contribution in [-0.4, -0.2) is 57.1 Å². The summed E-state index contributed by atoms with van der Waals surface area (Å²) in [6, 6.07) is 15.7. The number of nitrogens with two attached hydrogens (primary N) is 1. The van der Waals surface area contributed by atoms with Gasteiger partial charge in [-0.2, -0.15) is 0 Å². The molecule has 3 N–H and O–H groups in total. The Morgan fingerprint density at radius 2 is 1.32 bits per heavy atom. The van der Waals surface area contributed by atoms with Gasteiger partial charge in [-0.05, 0) is 48.2 Å². The van der Waals surface area contributed by atoms with Crippen LogP contribution in [0.25, 0.3) is 0 Å². The van der Waals surface area contributed by atoms with Crippen LogP contribution < -0.4 is 20.5 Å². The van der Waals surface area contributed by atoms with Gasteiger partial charge in [0.2, 0.25) is 11.8 Å². The summed E-state index contributed by atoms with van der Waals surface area (Å²) in [5, 5.41) is 3.14. The van der Waals surface area contributed by atoms with Gasteiger partial charge in [-0.1, -0.05) is 24.3 Å². The molecule has 0 aromatic heterocycles. The highest BCUT2D eigenvalue weighted by molar-refractivity contribution is 5.88. The number of benzene rings is 2. The van der Waals surface area contributed by atoms with E-state index in [-0.39, 0.29) is 5.91 Å². The minimum absolute atomic E-state index is 0.0178. The van der Waals surface area contributed by atoms with Crippen LogP contribution in [0.2, 0.25) is 0 Å². The van der Waals surface area contributed by atoms with Gasteiger partial charge in [0.15, 0.2) is 0 Å². The molecule has 0 bridgehead atoms. The quantitative estimate of drug-likeness (QED) is 0.604. The molecule has 7 heteroatoms. The van der Waals surface area contributed by atoms with Crippen molar-refractivity contribution in [1.82, 2.24) is 10.2 Å². The lowest BCUT2D eigenvalue weighted by atomic mass is 9.93. The Hall–Kier alpha value is -3.06. The van der Waals surface area contributed by atoms with Gasteiger partial charge in [-0.15, -0.1) is 0 Å². The molecule has 0 aliphatic carbocycles. The van der Waals surface area contributed by atoms with Gasteiger partial charge in [0.05, 0.1) is 26.1 Å². The number of nitrogens with one attached hydrogen (secondary N) is 1. The third-order valence-electron chi connectivity index (χ3n) is 5.87. The van der Waals surface area contributed by atoms with Crippen LogP contribution in [0.15, 0.2) is 48.5 Å². The zero-order valence-electron chi connectivity index (χ0n) is 18.2. The minimum atomic E-state index is -0.461. The Labute approximate surface area is 183 Å². The maximum absolute atomic E-state index is 13.3. The first-order valence-electron chi connectivity index (χ1n) is 10.6. The number of carbonyl (C=O) groups is 2. The molecule has 1 saturated heterocycles. The van der Waals surface area contributed by atoms with E-state index in [9.17, 15) is 9.59 Å². The fraction of sp³-hybridized carbons (Fsp3) is 0.417. The monoisotopic (exact) mass is 425 g/mol. The first-order chi connectivity index (χ1) is 15.0. The highest BCUT2D eigenvalue weighted by Crippen LogP contribution is 2.21. The molecule has 1 fully saturated rings. The van der Waals surface area contributed by atoms with Crippen LogP contribution in [-0.2, 0) is 22.4 Å². The van der Waals surface area contributed by atoms with Crippen molar-refractivity contribution in [2.45, 2.75) is 12.8 Å². The van der Waals surface area contributed by atoms with Crippen LogP contribution in [0, 0.1) is 11.8 Å². The first-order valence-corrected chi connectivity index (χ1v) is 10.6. The van der Waals surface area contributed by atoms with Gasteiger partial charge >= 0.3 is 0 Å². The van der Waals surface area contributed by atoms with E-state index in [0.717, 1.165) is 35.5 Å². The van der Waals surface area contributed by atoms with Crippen LogP contribution in [0.1, 0.15) is 11.1 Å². The standard InChI is InChI=1S/C24H31N3O4/c1-30-19-7-3-17(4-8-19)11-13-27(14-12-18-5-9-20(31-2)10-6-18)24(29)22-16-26-15-21(22)23(25)28/h3-10,21-22,26H,11-16H2,1-2H3,(H2,25,28). The van der Waals surface area contributed by atoms with Gasteiger partial charge < -0.3 is 25.4 Å². The van der Waals surface area contributed by atoms with Crippen molar-refractivity contribution < 1.29 is 19.1 Å². The van der Waals surface area contributed by atoms with Gasteiger partial charge in [0.1, 0.15) is 11.5 Å². The molecule has 1 aliphatic rings. The molecule has 3 rings (SSSR count). The van der Waals surface area contributed by atoms with E-state index in [1.165, 1.54) is 0 Å². The predicted molar refractivity (Wildman–Crippen MR) is 119 cm³/mol. The molecule has 2 atom stereocenters. The number of hydrogen-bond acceptors (Lipinski definition) is 5. The zero-order chi connectivity index (χ0) is 22.2. The van der Waals surface area contributed by atoms with Crippen molar-refractivity contribution >= 4 is 11.8 Å². The number of amides is 2. The lowest BCUT2D eigenvalue weighted by molar-refractivity contribution is -0.139. The van der Waals surface area contributed by atoms with Crippen LogP contribution in [0.4, 0.5) is 0 Å². The zero-order valence-corrected chi connectivity index (χ0v) is 18.2. The molecule has 2 aromatic rings. The molecule has 2 amide bonds. The average molecular weight is 426 g/mol. The summed E-state index contributed by atoms with van der Waals surface area (Å²) in [4.78, 5) is 27.0. The molecular formula is C24H31N3O4. The number of primary amides is 1. The molecule has 1 aliphatic heterocycles. The van der Waals surface area contributed by atoms with Crippen LogP contribution in [0.5, 0.6) is 11.5 Å². The third kappa shape index (κ3) is 5.98. The van der Waals surface area contributed by atoms with Gasteiger partial charge in [-0.3, -0.25) is 9.59 Å². The van der Waals surface area contributed by atoms with E-state index in [4.69, 9.17) is 15.2 Å². The van der Waals surface area contributed by atoms with Crippen molar-refractivity contribution in [3.8, 4) is 11.5 Å². The molecule has 1 heterocycles. The molecule has 166 valence electrons. The number of nitrogens with zero attached hydrogens (tertiary/aromatic N) is 1. The molecule has 31 heavy (non-hydrogen) atoms. The maximum atomic E-state index is 13.3. The topological polar surface area (TPSA) is 93.9 Å². The van der Waals surface area contributed by atoms with Gasteiger partial charge in [0, 0.05) is 26.2 Å². The Balaban J connectivity index is 1.69. The number of ether oxygens (including phenoxy) is 2. The Morgan fingerprint density at radius 1 is 0.871 bits per heavy atom. The van der Waals surface area contributed by atoms with E-state index >= 15 is 0 Å². The summed E-state index contributed by atoms with van der Waals surface area (Å²) in [6.45, 7) is 2.08. The largest absolute Gasteiger partial charge is 0.497 e. The average Bonchev–Trinajstić information content (AvgIpc) is 3.30. The summed E-state index contributed by atoms with van der Waals surface area (Å²) in [5.41, 5.74) is 7.79. The van der Waals surface area contributed by atoms with E-state index in [1.54, 1.807) is 14.2 Å². The second-order valence-electron chi connectivity index (χ2n) is 7.80. The van der Waals surface area contributed by atoms with Crippen molar-refractivity contribution in [2.24, 2.45) is 17.6 Å². The molecule has 2 unspecified atom stereocenters. The van der Waals surface area contributed by atoms with E-state index < -0.39 is 17.7 Å². The van der Waals surface area contributed by atoms with Crippen molar-refractivity contribution in [1.29, 1.82) is 0 Å². The molecule has 0 spiro atoms. The van der Waals surface area contributed by atoms with Crippen LogP contribution >= 0.6 is 0 Å². The van der Waals surface area contributed by atoms with Crippen molar-refractivity contribution in [3.63, 3.8) is 0 Å². The minimum Gasteiger partial charge on any atom is -0.497 e. The van der Waals surface area contributed by atoms with E-state index in [2.05, 4.69) is 5.32 Å². The van der Waals surface area contributed by atoms with Crippen molar-refractivity contribution in [3.05, 3.63) is 59.7 Å². The van der Waals surface area contributed by atoms with Crippen LogP contribution in [0.3, 0.4) is 0 Å². The summed E-state index contributed by atoms with van der Waals surface area (Å²) < 4.78 is 10.4. The smallest absolute Gasteiger partial charge is 0.227 e. The van der Waals surface area contributed by atoms with Crippen molar-refractivity contribution in [2.75, 3.05) is 40.4 Å². The normalized spacial score (nSPS) is 17.9. The molecular weight excluding hydrogens is 394 g/mol. The highest BCUT2D eigenvalue weighted by Gasteiger charge is 2.38. The van der Waals surface area contributed by atoms with E-state index in [1.807, 2.05) is 53.4 Å². The maximum Gasteiger partial charge on any atom is 0.227 e. The number of carbonyl (C=O) groups excluding carboxylic acids is 2. The fourth-order valence-electron chi connectivity index (χ4n) is 3.92. The number of methoxy groups -OCH3 is 2. The Bertz CT molecular complexity index is 816. The predicted octanol–water partition coefficient (Wildman–Crippen LogP) is 1.64. The molecule has 0 radical (unpaired) electrons. The van der Waals surface area contributed by atoms with Gasteiger partial charge in [0.25, 0.3) is 0 Å². The fourth-order valence-corrected chi connectivity index (χ4v) is 3.92. The number of hydrogen-bond donors (Lipinski definition) is 2. The highest BCUT2D eigenvalue weighted by atomic mass is 16.5. The summed E-state index contributed by atoms with van der Waals surface area (Å²) >= 11 is 0.